The highest BCUT2D eigenvalue weighted by Gasteiger charge is 2.20. The summed E-state index contributed by atoms with van der Waals surface area (Å²) in [5.41, 5.74) is 1.47. The van der Waals surface area contributed by atoms with E-state index < -0.39 is 5.97 Å². The van der Waals surface area contributed by atoms with Gasteiger partial charge in [-0.1, -0.05) is 0 Å². The van der Waals surface area contributed by atoms with E-state index in [4.69, 9.17) is 17.3 Å². The van der Waals surface area contributed by atoms with Crippen molar-refractivity contribution in [3.05, 3.63) is 48.3 Å². The molecule has 3 heterocycles. The van der Waals surface area contributed by atoms with Crippen molar-refractivity contribution in [2.75, 3.05) is 6.54 Å². The summed E-state index contributed by atoms with van der Waals surface area (Å²) in [6.45, 7) is 1.99. The van der Waals surface area contributed by atoms with Gasteiger partial charge in [0.15, 0.2) is 4.77 Å². The molecule has 2 aromatic heterocycles. The third kappa shape index (κ3) is 2.97. The van der Waals surface area contributed by atoms with Crippen LogP contribution in [0.25, 0.3) is 0 Å². The molecular weight excluding hydrogens is 310 g/mol. The Hall–Kier alpha value is -1.77. The molecule has 1 aliphatic rings. The van der Waals surface area contributed by atoms with E-state index in [1.807, 2.05) is 6.07 Å². The molecule has 110 valence electrons. The lowest BCUT2D eigenvalue weighted by Gasteiger charge is -2.27. The summed E-state index contributed by atoms with van der Waals surface area (Å²) < 4.78 is 0.358. The van der Waals surface area contributed by atoms with Crippen molar-refractivity contribution < 1.29 is 9.90 Å². The van der Waals surface area contributed by atoms with Crippen molar-refractivity contribution in [3.8, 4) is 0 Å². The molecule has 0 radical (unpaired) electrons. The molecule has 2 aromatic rings. The number of aromatic nitrogens is 2. The highest BCUT2D eigenvalue weighted by atomic mass is 32.1. The zero-order chi connectivity index (χ0) is 15.0. The van der Waals surface area contributed by atoms with Gasteiger partial charge in [-0.05, 0) is 24.4 Å². The van der Waals surface area contributed by atoms with Crippen LogP contribution in [0.4, 0.5) is 0 Å². The number of carboxylic acids is 1. The first-order valence-corrected chi connectivity index (χ1v) is 7.64. The maximum atomic E-state index is 11.9. The quantitative estimate of drug-likeness (QED) is 0.749. The Bertz CT molecular complexity index is 805. The number of nitrogens with zero attached hydrogens (tertiary/aromatic N) is 1. The first-order valence-electron chi connectivity index (χ1n) is 6.41. The lowest BCUT2D eigenvalue weighted by molar-refractivity contribution is 0.0702. The predicted molar refractivity (Wildman–Crippen MR) is 81.3 cm³/mol. The molecule has 0 amide bonds. The summed E-state index contributed by atoms with van der Waals surface area (Å²) in [5, 5.41) is 8.93. The van der Waals surface area contributed by atoms with E-state index in [1.54, 1.807) is 6.07 Å². The summed E-state index contributed by atoms with van der Waals surface area (Å²) in [6, 6.07) is 3.44. The van der Waals surface area contributed by atoms with Crippen molar-refractivity contribution in [2.24, 2.45) is 0 Å². The minimum absolute atomic E-state index is 0.143. The molecular formula is C13H13N3O3S2. The first kappa shape index (κ1) is 14.2. The number of aromatic amines is 2. The average molecular weight is 323 g/mol. The van der Waals surface area contributed by atoms with E-state index in [0.717, 1.165) is 23.5 Å². The van der Waals surface area contributed by atoms with Crippen LogP contribution < -0.4 is 5.56 Å². The number of hydrogen-bond acceptors (Lipinski definition) is 5. The number of aromatic carboxylic acids is 1. The van der Waals surface area contributed by atoms with Gasteiger partial charge in [-0.15, -0.1) is 11.3 Å². The van der Waals surface area contributed by atoms with Crippen LogP contribution in [0.15, 0.2) is 16.9 Å². The number of fused-ring (bicyclic) bond motifs is 1. The van der Waals surface area contributed by atoms with Gasteiger partial charge in [-0.25, -0.2) is 4.79 Å². The number of hydrogen-bond donors (Lipinski definition) is 3. The van der Waals surface area contributed by atoms with Gasteiger partial charge in [0.2, 0.25) is 0 Å². The van der Waals surface area contributed by atoms with Crippen LogP contribution >= 0.6 is 23.6 Å². The van der Waals surface area contributed by atoms with Gasteiger partial charge >= 0.3 is 5.97 Å². The second-order valence-corrected chi connectivity index (χ2v) is 6.47. The van der Waals surface area contributed by atoms with Gasteiger partial charge in [-0.2, -0.15) is 0 Å². The molecule has 1 aliphatic heterocycles. The summed E-state index contributed by atoms with van der Waals surface area (Å²) >= 11 is 6.24. The summed E-state index contributed by atoms with van der Waals surface area (Å²) in [7, 11) is 0. The van der Waals surface area contributed by atoms with Crippen LogP contribution in [-0.4, -0.2) is 32.5 Å². The Labute approximate surface area is 129 Å². The SMILES string of the molecule is O=C(O)c1ccc(CN2CCc3[nH]c(=S)[nH]c(=O)c3C2)s1. The van der Waals surface area contributed by atoms with Crippen LogP contribution in [0.1, 0.15) is 25.8 Å². The highest BCUT2D eigenvalue weighted by Crippen LogP contribution is 2.21. The smallest absolute Gasteiger partial charge is 0.345 e. The molecule has 0 saturated heterocycles. The van der Waals surface area contributed by atoms with Crippen LogP contribution in [0, 0.1) is 4.77 Å². The minimum Gasteiger partial charge on any atom is -0.477 e. The second-order valence-electron chi connectivity index (χ2n) is 4.90. The van der Waals surface area contributed by atoms with Crippen molar-refractivity contribution >= 4 is 29.5 Å². The van der Waals surface area contributed by atoms with E-state index >= 15 is 0 Å². The van der Waals surface area contributed by atoms with Gasteiger partial charge in [0.25, 0.3) is 5.56 Å². The number of carboxylic acid groups (broad SMARTS) is 1. The third-order valence-corrected chi connectivity index (χ3v) is 4.70. The summed E-state index contributed by atoms with van der Waals surface area (Å²) in [4.78, 5) is 31.9. The standard InChI is InChI=1S/C13H13N3O3S2/c17-11-8-6-16(4-3-9(8)14-13(20)15-11)5-7-1-2-10(21-7)12(18)19/h1-2H,3-6H2,(H,18,19)(H2,14,15,17,20). The fourth-order valence-corrected chi connectivity index (χ4v) is 3.55. The van der Waals surface area contributed by atoms with Crippen molar-refractivity contribution in [3.63, 3.8) is 0 Å². The fraction of sp³-hybridized carbons (Fsp3) is 0.308. The van der Waals surface area contributed by atoms with Gasteiger partial charge < -0.3 is 10.1 Å². The number of thiophene rings is 1. The largest absolute Gasteiger partial charge is 0.477 e. The van der Waals surface area contributed by atoms with Crippen LogP contribution in [0.2, 0.25) is 0 Å². The van der Waals surface area contributed by atoms with Gasteiger partial charge in [0.1, 0.15) is 4.88 Å². The van der Waals surface area contributed by atoms with Gasteiger partial charge in [-0.3, -0.25) is 14.7 Å². The second kappa shape index (κ2) is 5.55. The van der Waals surface area contributed by atoms with Crippen molar-refractivity contribution in [2.45, 2.75) is 19.5 Å². The minimum atomic E-state index is -0.903. The maximum Gasteiger partial charge on any atom is 0.345 e. The summed E-state index contributed by atoms with van der Waals surface area (Å²) in [6.07, 6.45) is 0.736. The Kier molecular flexibility index (Phi) is 3.75. The zero-order valence-electron chi connectivity index (χ0n) is 11.0. The molecule has 0 atom stereocenters. The highest BCUT2D eigenvalue weighted by molar-refractivity contribution is 7.71. The van der Waals surface area contributed by atoms with Crippen LogP contribution in [0.3, 0.4) is 0 Å². The topological polar surface area (TPSA) is 89.2 Å². The Morgan fingerprint density at radius 1 is 1.43 bits per heavy atom. The molecule has 0 saturated carbocycles. The number of rotatable bonds is 3. The Morgan fingerprint density at radius 3 is 2.95 bits per heavy atom. The monoisotopic (exact) mass is 323 g/mol. The molecule has 8 heteroatoms. The lowest BCUT2D eigenvalue weighted by atomic mass is 10.1. The number of H-pyrrole nitrogens is 2. The molecule has 21 heavy (non-hydrogen) atoms. The van der Waals surface area contributed by atoms with Gasteiger partial charge in [0.05, 0.1) is 5.56 Å². The van der Waals surface area contributed by atoms with Crippen molar-refractivity contribution in [1.82, 2.24) is 14.9 Å². The molecule has 3 rings (SSSR count). The van der Waals surface area contributed by atoms with Crippen LogP contribution in [-0.2, 0) is 19.5 Å². The lowest BCUT2D eigenvalue weighted by Crippen LogP contribution is -2.35. The molecule has 0 aromatic carbocycles. The van der Waals surface area contributed by atoms with E-state index in [2.05, 4.69) is 14.9 Å². The number of carbonyl (C=O) groups is 1. The Morgan fingerprint density at radius 2 is 2.24 bits per heavy atom. The van der Waals surface area contributed by atoms with Crippen LogP contribution in [0.5, 0.6) is 0 Å². The molecule has 0 aliphatic carbocycles. The first-order chi connectivity index (χ1) is 10.0. The zero-order valence-corrected chi connectivity index (χ0v) is 12.6. The summed E-state index contributed by atoms with van der Waals surface area (Å²) in [5.74, 6) is -0.903. The molecule has 0 spiro atoms. The normalized spacial score (nSPS) is 14.9. The van der Waals surface area contributed by atoms with E-state index in [-0.39, 0.29) is 5.56 Å². The molecule has 6 nitrogen and oxygen atoms in total. The fourth-order valence-electron chi connectivity index (χ4n) is 2.45. The predicted octanol–water partition coefficient (Wildman–Crippen LogP) is 1.75. The average Bonchev–Trinajstić information content (AvgIpc) is 2.88. The van der Waals surface area contributed by atoms with E-state index in [1.165, 1.54) is 11.3 Å². The third-order valence-electron chi connectivity index (χ3n) is 3.44. The molecule has 0 bridgehead atoms. The Balaban J connectivity index is 1.78. The van der Waals surface area contributed by atoms with E-state index in [9.17, 15) is 9.59 Å². The van der Waals surface area contributed by atoms with E-state index in [0.29, 0.717) is 28.3 Å². The number of nitrogens with one attached hydrogen (secondary N) is 2. The maximum absolute atomic E-state index is 11.9. The molecule has 0 unspecified atom stereocenters. The molecule has 0 fully saturated rings. The molecule has 3 N–H and O–H groups in total. The van der Waals surface area contributed by atoms with Crippen molar-refractivity contribution in [1.29, 1.82) is 0 Å². The van der Waals surface area contributed by atoms with Gasteiger partial charge in [0, 0.05) is 36.6 Å².